The van der Waals surface area contributed by atoms with Gasteiger partial charge in [-0.3, -0.25) is 15.2 Å². The van der Waals surface area contributed by atoms with Gasteiger partial charge in [0.05, 0.1) is 12.2 Å². The number of alkyl halides is 1. The van der Waals surface area contributed by atoms with Crippen LogP contribution >= 0.6 is 0 Å². The van der Waals surface area contributed by atoms with Crippen molar-refractivity contribution in [1.29, 1.82) is 5.41 Å². The normalized spacial score (nSPS) is 11.5. The quantitative estimate of drug-likeness (QED) is 0.0885. The van der Waals surface area contributed by atoms with Gasteiger partial charge in [0.1, 0.15) is 42.4 Å². The molecule has 0 aliphatic carbocycles. The Morgan fingerprint density at radius 3 is 2.55 bits per heavy atom. The number of carbonyl (C=O) groups excluding carboxylic acids is 1. The number of nitrogens with zero attached hydrogens (tertiary/aromatic N) is 4. The van der Waals surface area contributed by atoms with E-state index >= 15 is 0 Å². The van der Waals surface area contributed by atoms with Crippen LogP contribution in [0.3, 0.4) is 0 Å². The van der Waals surface area contributed by atoms with Crippen LogP contribution in [0.15, 0.2) is 59.7 Å². The molecule has 4 rings (SSSR count). The minimum Gasteiger partial charge on any atom is -0.494 e. The molecule has 0 aliphatic rings. The Morgan fingerprint density at radius 1 is 1.18 bits per heavy atom. The summed E-state index contributed by atoms with van der Waals surface area (Å²) >= 11 is 0. The summed E-state index contributed by atoms with van der Waals surface area (Å²) in [6.07, 6.45) is 2.96. The smallest absolute Gasteiger partial charge is 0.350 e. The molecule has 5 N–H and O–H groups in total. The average Bonchev–Trinajstić information content (AvgIpc) is 3.31. The molecular formula is C26H27FN8O5. The van der Waals surface area contributed by atoms with E-state index in [2.05, 4.69) is 25.4 Å². The molecule has 40 heavy (non-hydrogen) atoms. The minimum atomic E-state index is -0.834. The highest BCUT2D eigenvalue weighted by Crippen LogP contribution is 2.33. The molecule has 2 aromatic heterocycles. The number of nitrogens with one attached hydrogen (secondary N) is 3. The van der Waals surface area contributed by atoms with Crippen LogP contribution in [-0.4, -0.2) is 56.4 Å². The van der Waals surface area contributed by atoms with Gasteiger partial charge < -0.3 is 25.3 Å². The van der Waals surface area contributed by atoms with Crippen molar-refractivity contribution in [3.63, 3.8) is 0 Å². The van der Waals surface area contributed by atoms with E-state index in [0.717, 1.165) is 4.68 Å². The van der Waals surface area contributed by atoms with Crippen molar-refractivity contribution >= 4 is 17.5 Å². The first-order valence-corrected chi connectivity index (χ1v) is 12.2. The van der Waals surface area contributed by atoms with E-state index in [-0.39, 0.29) is 35.5 Å². The van der Waals surface area contributed by atoms with Crippen molar-refractivity contribution in [3.05, 3.63) is 82.3 Å². The zero-order valence-corrected chi connectivity index (χ0v) is 21.7. The average molecular weight is 551 g/mol. The molecule has 0 aliphatic heterocycles. The van der Waals surface area contributed by atoms with Crippen LogP contribution in [0.1, 0.15) is 36.8 Å². The fourth-order valence-corrected chi connectivity index (χ4v) is 3.81. The second-order valence-corrected chi connectivity index (χ2v) is 8.28. The van der Waals surface area contributed by atoms with E-state index in [4.69, 9.17) is 25.4 Å². The molecule has 14 heteroatoms. The lowest BCUT2D eigenvalue weighted by Crippen LogP contribution is -2.18. The zero-order chi connectivity index (χ0) is 28.6. The maximum atomic E-state index is 12.9. The van der Waals surface area contributed by atoms with E-state index < -0.39 is 24.4 Å². The number of rotatable bonds is 12. The van der Waals surface area contributed by atoms with Crippen molar-refractivity contribution in [3.8, 4) is 23.2 Å². The molecule has 0 amide bonds. The largest absolute Gasteiger partial charge is 0.494 e. The Kier molecular flexibility index (Phi) is 8.69. The van der Waals surface area contributed by atoms with Gasteiger partial charge in [-0.25, -0.2) is 19.2 Å². The monoisotopic (exact) mass is 550 g/mol. The van der Waals surface area contributed by atoms with Gasteiger partial charge in [0.15, 0.2) is 5.82 Å². The molecule has 0 spiro atoms. The number of aromatic nitrogens is 5. The lowest BCUT2D eigenvalue weighted by atomic mass is 10.0. The molecule has 2 heterocycles. The summed E-state index contributed by atoms with van der Waals surface area (Å²) in [4.78, 5) is 35.4. The summed E-state index contributed by atoms with van der Waals surface area (Å²) in [5.74, 6) is 0.201. The van der Waals surface area contributed by atoms with Crippen molar-refractivity contribution in [2.24, 2.45) is 5.73 Å². The number of carbonyl (C=O) groups is 1. The number of amidine groups is 1. The number of nitrogens with two attached hydrogens (primary N) is 1. The molecule has 208 valence electrons. The lowest BCUT2D eigenvalue weighted by Gasteiger charge is -2.21. The van der Waals surface area contributed by atoms with E-state index in [9.17, 15) is 14.0 Å². The van der Waals surface area contributed by atoms with Crippen LogP contribution in [0.25, 0.3) is 5.95 Å². The number of hydrogen-bond acceptors (Lipinski definition) is 10. The fraction of sp³-hybridized carbons (Fsp3) is 0.231. The predicted octanol–water partition coefficient (Wildman–Crippen LogP) is 2.51. The van der Waals surface area contributed by atoms with Crippen LogP contribution < -0.4 is 31.0 Å². The fourth-order valence-electron chi connectivity index (χ4n) is 3.81. The zero-order valence-electron chi connectivity index (χ0n) is 21.7. The molecule has 0 fully saturated rings. The number of hydrogen-bond donors (Lipinski definition) is 4. The molecule has 1 unspecified atom stereocenters. The summed E-state index contributed by atoms with van der Waals surface area (Å²) in [5.41, 5.74) is 6.26. The number of benzene rings is 2. The van der Waals surface area contributed by atoms with Gasteiger partial charge in [-0.1, -0.05) is 0 Å². The van der Waals surface area contributed by atoms with Crippen LogP contribution in [0, 0.1) is 5.41 Å². The van der Waals surface area contributed by atoms with Gasteiger partial charge in [0.2, 0.25) is 0 Å². The molecule has 4 aromatic rings. The highest BCUT2D eigenvalue weighted by Gasteiger charge is 2.23. The first-order valence-electron chi connectivity index (χ1n) is 12.2. The molecule has 0 bridgehead atoms. The molecule has 1 atom stereocenters. The van der Waals surface area contributed by atoms with Crippen LogP contribution in [0.4, 0.5) is 10.1 Å². The van der Waals surface area contributed by atoms with E-state index in [0.29, 0.717) is 29.4 Å². The van der Waals surface area contributed by atoms with Crippen LogP contribution in [0.2, 0.25) is 0 Å². The second kappa shape index (κ2) is 12.5. The van der Waals surface area contributed by atoms with Gasteiger partial charge in [0, 0.05) is 37.1 Å². The third-order valence-corrected chi connectivity index (χ3v) is 5.38. The topological polar surface area (TPSA) is 183 Å². The number of halogens is 1. The van der Waals surface area contributed by atoms with Crippen molar-refractivity contribution in [2.45, 2.75) is 19.9 Å². The SMILES string of the molecule is CCOc1cc(OCCF)cc(C(Nc2ccc(C(=N)N)c(OC(C)=O)c2)c2nn(-c3ncccn3)c(=O)[nH]2)c1. The number of nitrogen functional groups attached to an aromatic ring is 1. The highest BCUT2D eigenvalue weighted by molar-refractivity contribution is 5.98. The Bertz CT molecular complexity index is 1560. The summed E-state index contributed by atoms with van der Waals surface area (Å²) in [6, 6.07) is 10.4. The molecule has 0 radical (unpaired) electrons. The number of esters is 1. The summed E-state index contributed by atoms with van der Waals surface area (Å²) in [6.45, 7) is 2.55. The van der Waals surface area contributed by atoms with E-state index in [1.54, 1.807) is 30.3 Å². The van der Waals surface area contributed by atoms with E-state index in [1.165, 1.54) is 31.5 Å². The molecule has 2 aromatic carbocycles. The molecule has 0 saturated carbocycles. The van der Waals surface area contributed by atoms with Gasteiger partial charge in [-0.05, 0) is 42.8 Å². The van der Waals surface area contributed by atoms with Gasteiger partial charge >= 0.3 is 11.7 Å². The van der Waals surface area contributed by atoms with Gasteiger partial charge in [-0.2, -0.15) is 0 Å². The summed E-state index contributed by atoms with van der Waals surface area (Å²) in [5, 5.41) is 15.5. The number of anilines is 1. The molecule has 0 saturated heterocycles. The van der Waals surface area contributed by atoms with Crippen LogP contribution in [-0.2, 0) is 4.79 Å². The maximum Gasteiger partial charge on any atom is 0.350 e. The summed E-state index contributed by atoms with van der Waals surface area (Å²) < 4.78 is 30.4. The van der Waals surface area contributed by atoms with Crippen molar-refractivity contribution in [1.82, 2.24) is 24.7 Å². The lowest BCUT2D eigenvalue weighted by molar-refractivity contribution is -0.131. The highest BCUT2D eigenvalue weighted by atomic mass is 19.1. The number of H-pyrrole nitrogens is 1. The predicted molar refractivity (Wildman–Crippen MR) is 143 cm³/mol. The van der Waals surface area contributed by atoms with Crippen LogP contribution in [0.5, 0.6) is 17.2 Å². The first kappa shape index (κ1) is 27.8. The number of ether oxygens (including phenoxy) is 3. The Hall–Kier alpha value is -5.27. The minimum absolute atomic E-state index is 0.0618. The maximum absolute atomic E-state index is 12.9. The van der Waals surface area contributed by atoms with Gasteiger partial charge in [0.25, 0.3) is 5.95 Å². The van der Waals surface area contributed by atoms with Crippen molar-refractivity contribution in [2.75, 3.05) is 25.2 Å². The number of aromatic amines is 1. The molecule has 13 nitrogen and oxygen atoms in total. The standard InChI is InChI=1S/C26H27FN8O5/c1-3-38-18-11-16(12-19(14-18)39-10-7-27)22(24-33-26(37)35(34-24)25-30-8-4-9-31-25)32-17-5-6-20(23(28)29)21(13-17)40-15(2)36/h4-6,8-9,11-14,22,32H,3,7,10H2,1-2H3,(H3,28,29)(H,33,34,37). The third-order valence-electron chi connectivity index (χ3n) is 5.38. The van der Waals surface area contributed by atoms with Crippen molar-refractivity contribution < 1.29 is 23.4 Å². The summed E-state index contributed by atoms with van der Waals surface area (Å²) in [7, 11) is 0. The van der Waals surface area contributed by atoms with Gasteiger partial charge in [-0.15, -0.1) is 9.78 Å². The molecular weight excluding hydrogens is 523 g/mol. The third kappa shape index (κ3) is 6.59. The second-order valence-electron chi connectivity index (χ2n) is 8.28. The first-order chi connectivity index (χ1) is 19.3. The Balaban J connectivity index is 1.84. The van der Waals surface area contributed by atoms with E-state index in [1.807, 2.05) is 6.92 Å². The Labute approximate surface area is 227 Å². The Morgan fingerprint density at radius 2 is 1.90 bits per heavy atom.